The van der Waals surface area contributed by atoms with Crippen LogP contribution < -0.4 is 10.5 Å². The number of para-hydroxylation sites is 1. The summed E-state index contributed by atoms with van der Waals surface area (Å²) in [5.74, 6) is 0.892. The average Bonchev–Trinajstić information content (AvgIpc) is 2.97. The predicted molar refractivity (Wildman–Crippen MR) is 88.7 cm³/mol. The first-order valence-corrected chi connectivity index (χ1v) is 7.52. The van der Waals surface area contributed by atoms with Gasteiger partial charge in [0.1, 0.15) is 10.8 Å². The smallest absolute Gasteiger partial charge is 0.124 e. The number of benzene rings is 2. The molecule has 0 amide bonds. The maximum atomic E-state index is 6.01. The molecule has 1 heterocycles. The fourth-order valence-corrected chi connectivity index (χ4v) is 3.09. The highest BCUT2D eigenvalue weighted by molar-refractivity contribution is 7.13. The van der Waals surface area contributed by atoms with Gasteiger partial charge < -0.3 is 10.5 Å². The van der Waals surface area contributed by atoms with Crippen LogP contribution in [0.3, 0.4) is 0 Å². The third kappa shape index (κ3) is 2.62. The molecule has 0 aliphatic rings. The highest BCUT2D eigenvalue weighted by atomic mass is 32.1. The summed E-state index contributed by atoms with van der Waals surface area (Å²) < 4.78 is 5.29. The SMILES string of the molecule is COc1ccc(-c2nc(-c3ccccc3N)cs2)cc1C. The first kappa shape index (κ1) is 13.6. The Labute approximate surface area is 128 Å². The number of rotatable bonds is 3. The number of aryl methyl sites for hydroxylation is 1. The third-order valence-electron chi connectivity index (χ3n) is 3.38. The van der Waals surface area contributed by atoms with Crippen LogP contribution in [0.1, 0.15) is 5.56 Å². The molecule has 0 spiro atoms. The molecular formula is C17H16N2OS. The lowest BCUT2D eigenvalue weighted by molar-refractivity contribution is 0.412. The van der Waals surface area contributed by atoms with Crippen molar-refractivity contribution in [3.63, 3.8) is 0 Å². The molecule has 3 rings (SSSR count). The van der Waals surface area contributed by atoms with E-state index >= 15 is 0 Å². The number of thiazole rings is 1. The molecule has 1 aromatic heterocycles. The van der Waals surface area contributed by atoms with Gasteiger partial charge in [-0.2, -0.15) is 0 Å². The van der Waals surface area contributed by atoms with Crippen LogP contribution in [0, 0.1) is 6.92 Å². The summed E-state index contributed by atoms with van der Waals surface area (Å²) in [6.45, 7) is 2.03. The standard InChI is InChI=1S/C17H16N2OS/c1-11-9-12(7-8-16(11)20-2)17-19-15(10-21-17)13-5-3-4-6-14(13)18/h3-10H,18H2,1-2H3. The first-order valence-electron chi connectivity index (χ1n) is 6.64. The van der Waals surface area contributed by atoms with Gasteiger partial charge >= 0.3 is 0 Å². The molecule has 3 aromatic rings. The summed E-state index contributed by atoms with van der Waals surface area (Å²) in [4.78, 5) is 4.71. The monoisotopic (exact) mass is 296 g/mol. The van der Waals surface area contributed by atoms with Gasteiger partial charge in [-0.1, -0.05) is 18.2 Å². The van der Waals surface area contributed by atoms with Crippen molar-refractivity contribution in [1.82, 2.24) is 4.98 Å². The van der Waals surface area contributed by atoms with Crippen LogP contribution in [0.4, 0.5) is 5.69 Å². The number of aromatic nitrogens is 1. The Hall–Kier alpha value is -2.33. The fourth-order valence-electron chi connectivity index (χ4n) is 2.27. The van der Waals surface area contributed by atoms with Crippen LogP contribution in [-0.4, -0.2) is 12.1 Å². The first-order chi connectivity index (χ1) is 10.2. The Balaban J connectivity index is 1.99. The third-order valence-corrected chi connectivity index (χ3v) is 4.27. The largest absolute Gasteiger partial charge is 0.496 e. The van der Waals surface area contributed by atoms with Crippen LogP contribution in [0.2, 0.25) is 0 Å². The van der Waals surface area contributed by atoms with Gasteiger partial charge in [0.05, 0.1) is 12.8 Å². The molecule has 0 unspecified atom stereocenters. The summed E-state index contributed by atoms with van der Waals surface area (Å²) in [7, 11) is 1.68. The molecule has 0 saturated heterocycles. The van der Waals surface area contributed by atoms with E-state index in [4.69, 9.17) is 15.5 Å². The molecule has 0 radical (unpaired) electrons. The number of nitrogens with two attached hydrogens (primary N) is 1. The number of nitrogen functional groups attached to an aromatic ring is 1. The van der Waals surface area contributed by atoms with E-state index in [1.54, 1.807) is 18.4 Å². The number of ether oxygens (including phenoxy) is 1. The lowest BCUT2D eigenvalue weighted by Crippen LogP contribution is -1.90. The van der Waals surface area contributed by atoms with Crippen molar-refractivity contribution in [2.75, 3.05) is 12.8 Å². The molecule has 0 aliphatic heterocycles. The van der Waals surface area contributed by atoms with E-state index in [1.165, 1.54) is 0 Å². The van der Waals surface area contributed by atoms with E-state index in [0.717, 1.165) is 38.8 Å². The molecule has 2 aromatic carbocycles. The van der Waals surface area contributed by atoms with Gasteiger partial charge in [-0.3, -0.25) is 0 Å². The van der Waals surface area contributed by atoms with E-state index in [9.17, 15) is 0 Å². The van der Waals surface area contributed by atoms with E-state index in [2.05, 4.69) is 6.07 Å². The average molecular weight is 296 g/mol. The Morgan fingerprint density at radius 1 is 1.14 bits per heavy atom. The maximum absolute atomic E-state index is 6.01. The lowest BCUT2D eigenvalue weighted by Gasteiger charge is -2.05. The second-order valence-electron chi connectivity index (χ2n) is 4.81. The topological polar surface area (TPSA) is 48.1 Å². The maximum Gasteiger partial charge on any atom is 0.124 e. The Morgan fingerprint density at radius 2 is 1.95 bits per heavy atom. The molecule has 0 fully saturated rings. The van der Waals surface area contributed by atoms with Gasteiger partial charge in [-0.25, -0.2) is 4.98 Å². The summed E-state index contributed by atoms with van der Waals surface area (Å²) >= 11 is 1.62. The molecule has 0 atom stereocenters. The quantitative estimate of drug-likeness (QED) is 0.730. The number of methoxy groups -OCH3 is 1. The van der Waals surface area contributed by atoms with Crippen molar-refractivity contribution in [1.29, 1.82) is 0 Å². The number of anilines is 1. The second-order valence-corrected chi connectivity index (χ2v) is 5.67. The van der Waals surface area contributed by atoms with Crippen molar-refractivity contribution >= 4 is 17.0 Å². The van der Waals surface area contributed by atoms with Crippen LogP contribution in [0.15, 0.2) is 47.8 Å². The fraction of sp³-hybridized carbons (Fsp3) is 0.118. The summed E-state index contributed by atoms with van der Waals surface area (Å²) in [5.41, 5.74) is 10.9. The lowest BCUT2D eigenvalue weighted by atomic mass is 10.1. The molecule has 0 aliphatic carbocycles. The van der Waals surface area contributed by atoms with Gasteiger partial charge in [0, 0.05) is 22.2 Å². The highest BCUT2D eigenvalue weighted by Crippen LogP contribution is 2.33. The van der Waals surface area contributed by atoms with E-state index in [0.29, 0.717) is 0 Å². The van der Waals surface area contributed by atoms with E-state index < -0.39 is 0 Å². The zero-order chi connectivity index (χ0) is 14.8. The Kier molecular flexibility index (Phi) is 3.62. The summed E-state index contributed by atoms with van der Waals surface area (Å²) in [5, 5.41) is 3.03. The molecule has 3 nitrogen and oxygen atoms in total. The minimum absolute atomic E-state index is 0.750. The number of hydrogen-bond donors (Lipinski definition) is 1. The van der Waals surface area contributed by atoms with Gasteiger partial charge in [0.15, 0.2) is 0 Å². The molecule has 21 heavy (non-hydrogen) atoms. The van der Waals surface area contributed by atoms with Gasteiger partial charge in [0.2, 0.25) is 0 Å². The van der Waals surface area contributed by atoms with Crippen LogP contribution >= 0.6 is 11.3 Å². The van der Waals surface area contributed by atoms with E-state index in [-0.39, 0.29) is 0 Å². The second kappa shape index (κ2) is 5.58. The Morgan fingerprint density at radius 3 is 2.67 bits per heavy atom. The van der Waals surface area contributed by atoms with E-state index in [1.807, 2.05) is 48.7 Å². The minimum Gasteiger partial charge on any atom is -0.496 e. The van der Waals surface area contributed by atoms with Crippen LogP contribution in [0.25, 0.3) is 21.8 Å². The van der Waals surface area contributed by atoms with Gasteiger partial charge in [-0.05, 0) is 36.8 Å². The van der Waals surface area contributed by atoms with Gasteiger partial charge in [0.25, 0.3) is 0 Å². The van der Waals surface area contributed by atoms with Crippen LogP contribution in [0.5, 0.6) is 5.75 Å². The van der Waals surface area contributed by atoms with Crippen molar-refractivity contribution in [3.8, 4) is 27.6 Å². The van der Waals surface area contributed by atoms with Gasteiger partial charge in [-0.15, -0.1) is 11.3 Å². The minimum atomic E-state index is 0.750. The Bertz CT molecular complexity index is 780. The van der Waals surface area contributed by atoms with Crippen molar-refractivity contribution in [2.45, 2.75) is 6.92 Å². The highest BCUT2D eigenvalue weighted by Gasteiger charge is 2.10. The van der Waals surface area contributed by atoms with Crippen molar-refractivity contribution in [2.24, 2.45) is 0 Å². The molecule has 2 N–H and O–H groups in total. The zero-order valence-corrected chi connectivity index (χ0v) is 12.8. The molecular weight excluding hydrogens is 280 g/mol. The normalized spacial score (nSPS) is 10.6. The molecule has 106 valence electrons. The predicted octanol–water partition coefficient (Wildman–Crippen LogP) is 4.38. The van der Waals surface area contributed by atoms with Crippen LogP contribution in [-0.2, 0) is 0 Å². The summed E-state index contributed by atoms with van der Waals surface area (Å²) in [6, 6.07) is 13.9. The van der Waals surface area contributed by atoms with Crippen molar-refractivity contribution < 1.29 is 4.74 Å². The molecule has 0 saturated carbocycles. The van der Waals surface area contributed by atoms with Crippen molar-refractivity contribution in [3.05, 3.63) is 53.4 Å². The summed E-state index contributed by atoms with van der Waals surface area (Å²) in [6.07, 6.45) is 0. The number of hydrogen-bond acceptors (Lipinski definition) is 4. The zero-order valence-electron chi connectivity index (χ0n) is 12.0. The number of nitrogens with zero attached hydrogens (tertiary/aromatic N) is 1. The molecule has 4 heteroatoms. The molecule has 0 bridgehead atoms.